The number of amides is 1. The molecule has 2 fully saturated rings. The Bertz CT molecular complexity index is 287. The van der Waals surface area contributed by atoms with Gasteiger partial charge in [0, 0.05) is 6.54 Å². The highest BCUT2D eigenvalue weighted by molar-refractivity contribution is 5.84. The first kappa shape index (κ1) is 13.8. The lowest BCUT2D eigenvalue weighted by Crippen LogP contribution is -2.42. The van der Waals surface area contributed by atoms with Crippen molar-refractivity contribution < 1.29 is 4.79 Å². The summed E-state index contributed by atoms with van der Waals surface area (Å²) < 4.78 is 0. The molecule has 0 radical (unpaired) electrons. The molecular weight excluding hydrogens is 226 g/mol. The maximum atomic E-state index is 12.2. The molecule has 0 aromatic carbocycles. The van der Waals surface area contributed by atoms with Crippen LogP contribution in [-0.4, -0.2) is 54.1 Å². The number of nitrogens with one attached hydrogen (secondary N) is 1. The van der Waals surface area contributed by atoms with E-state index in [9.17, 15) is 4.79 Å². The van der Waals surface area contributed by atoms with Crippen molar-refractivity contribution in [1.82, 2.24) is 15.1 Å². The van der Waals surface area contributed by atoms with Crippen molar-refractivity contribution in [3.63, 3.8) is 0 Å². The Morgan fingerprint density at radius 1 is 1.28 bits per heavy atom. The molecule has 4 nitrogen and oxygen atoms in total. The van der Waals surface area contributed by atoms with Crippen molar-refractivity contribution in [2.45, 2.75) is 52.2 Å². The first-order valence-corrected chi connectivity index (χ1v) is 7.44. The summed E-state index contributed by atoms with van der Waals surface area (Å²) in [7, 11) is 0. The predicted octanol–water partition coefficient (Wildman–Crippen LogP) is 1.27. The van der Waals surface area contributed by atoms with Gasteiger partial charge in [-0.1, -0.05) is 13.8 Å². The van der Waals surface area contributed by atoms with E-state index in [-0.39, 0.29) is 12.2 Å². The van der Waals surface area contributed by atoms with E-state index in [4.69, 9.17) is 0 Å². The van der Waals surface area contributed by atoms with E-state index in [1.54, 1.807) is 0 Å². The second-order valence-electron chi connectivity index (χ2n) is 5.67. The van der Waals surface area contributed by atoms with Gasteiger partial charge in [0.15, 0.2) is 0 Å². The number of hydrogen-bond donors (Lipinski definition) is 1. The molecule has 0 aliphatic carbocycles. The number of piperidine rings is 1. The summed E-state index contributed by atoms with van der Waals surface area (Å²) in [5.74, 6) is 1.000. The van der Waals surface area contributed by atoms with Gasteiger partial charge < -0.3 is 9.80 Å². The highest BCUT2D eigenvalue weighted by Crippen LogP contribution is 2.22. The fourth-order valence-electron chi connectivity index (χ4n) is 3.15. The Hall–Kier alpha value is -0.610. The largest absolute Gasteiger partial charge is 0.326 e. The van der Waals surface area contributed by atoms with E-state index in [2.05, 4.69) is 35.9 Å². The van der Waals surface area contributed by atoms with Crippen molar-refractivity contribution >= 4 is 5.91 Å². The summed E-state index contributed by atoms with van der Waals surface area (Å²) in [5, 5.41) is 3.38. The second-order valence-corrected chi connectivity index (χ2v) is 5.67. The van der Waals surface area contributed by atoms with Crippen LogP contribution in [0.5, 0.6) is 0 Å². The van der Waals surface area contributed by atoms with Gasteiger partial charge in [-0.15, -0.1) is 0 Å². The number of likely N-dealkylation sites (tertiary alicyclic amines) is 1. The summed E-state index contributed by atoms with van der Waals surface area (Å²) in [4.78, 5) is 16.7. The van der Waals surface area contributed by atoms with Gasteiger partial charge in [-0.2, -0.15) is 0 Å². The summed E-state index contributed by atoms with van der Waals surface area (Å²) in [6, 6.07) is 0.0516. The molecular formula is C14H27N3O. The minimum Gasteiger partial charge on any atom is -0.326 e. The van der Waals surface area contributed by atoms with Gasteiger partial charge in [-0.05, 0) is 51.7 Å². The average Bonchev–Trinajstić information content (AvgIpc) is 2.67. The van der Waals surface area contributed by atoms with Gasteiger partial charge >= 0.3 is 0 Å². The molecule has 2 atom stereocenters. The smallest absolute Gasteiger partial charge is 0.241 e. The predicted molar refractivity (Wildman–Crippen MR) is 73.2 cm³/mol. The molecule has 0 saturated carbocycles. The van der Waals surface area contributed by atoms with Crippen LogP contribution < -0.4 is 5.32 Å². The van der Waals surface area contributed by atoms with E-state index in [1.165, 1.54) is 25.9 Å². The second kappa shape index (κ2) is 6.02. The standard InChI is InChI=1S/C14H27N3O/c1-4-13-14(18)17(11(3)15-13)10-12-6-8-16(5-2)9-7-12/h11-13,15H,4-10H2,1-3H3. The van der Waals surface area contributed by atoms with Crippen LogP contribution in [0.25, 0.3) is 0 Å². The normalized spacial score (nSPS) is 31.3. The van der Waals surface area contributed by atoms with E-state index in [0.717, 1.165) is 19.5 Å². The molecule has 2 unspecified atom stereocenters. The van der Waals surface area contributed by atoms with Gasteiger partial charge in [-0.3, -0.25) is 10.1 Å². The first-order valence-electron chi connectivity index (χ1n) is 7.44. The third kappa shape index (κ3) is 2.86. The number of hydrogen-bond acceptors (Lipinski definition) is 3. The zero-order chi connectivity index (χ0) is 13.1. The van der Waals surface area contributed by atoms with Crippen molar-refractivity contribution in [2.24, 2.45) is 5.92 Å². The van der Waals surface area contributed by atoms with Gasteiger partial charge in [0.05, 0.1) is 12.2 Å². The van der Waals surface area contributed by atoms with Crippen molar-refractivity contribution in [1.29, 1.82) is 0 Å². The Morgan fingerprint density at radius 2 is 1.94 bits per heavy atom. The lowest BCUT2D eigenvalue weighted by atomic mass is 9.96. The van der Waals surface area contributed by atoms with Gasteiger partial charge in [0.2, 0.25) is 5.91 Å². The molecule has 2 aliphatic rings. The third-order valence-electron chi connectivity index (χ3n) is 4.51. The summed E-state index contributed by atoms with van der Waals surface area (Å²) in [5.41, 5.74) is 0. The van der Waals surface area contributed by atoms with Crippen LogP contribution in [0.15, 0.2) is 0 Å². The fourth-order valence-corrected chi connectivity index (χ4v) is 3.15. The van der Waals surface area contributed by atoms with Gasteiger partial charge in [0.25, 0.3) is 0 Å². The molecule has 1 amide bonds. The van der Waals surface area contributed by atoms with Crippen LogP contribution >= 0.6 is 0 Å². The lowest BCUT2D eigenvalue weighted by Gasteiger charge is -2.34. The molecule has 2 heterocycles. The van der Waals surface area contributed by atoms with Gasteiger partial charge in [-0.25, -0.2) is 0 Å². The molecule has 2 aliphatic heterocycles. The lowest BCUT2D eigenvalue weighted by molar-refractivity contribution is -0.130. The number of rotatable bonds is 4. The first-order chi connectivity index (χ1) is 8.65. The molecule has 0 aromatic rings. The molecule has 1 N–H and O–H groups in total. The third-order valence-corrected chi connectivity index (χ3v) is 4.51. The molecule has 2 saturated heterocycles. The molecule has 2 rings (SSSR count). The van der Waals surface area contributed by atoms with Crippen LogP contribution in [0.2, 0.25) is 0 Å². The molecule has 0 spiro atoms. The van der Waals surface area contributed by atoms with Crippen LogP contribution in [0.1, 0.15) is 40.0 Å². The minimum absolute atomic E-state index is 0.0516. The SMILES string of the molecule is CCC1NC(C)N(CC2CCN(CC)CC2)C1=O. The van der Waals surface area contributed by atoms with E-state index >= 15 is 0 Å². The summed E-state index contributed by atoms with van der Waals surface area (Å²) >= 11 is 0. The maximum absolute atomic E-state index is 12.2. The molecule has 0 bridgehead atoms. The molecule has 18 heavy (non-hydrogen) atoms. The molecule has 104 valence electrons. The zero-order valence-electron chi connectivity index (χ0n) is 12.0. The Labute approximate surface area is 111 Å². The fraction of sp³-hybridized carbons (Fsp3) is 0.929. The van der Waals surface area contributed by atoms with Crippen molar-refractivity contribution in [3.8, 4) is 0 Å². The van der Waals surface area contributed by atoms with Crippen LogP contribution in [0.4, 0.5) is 0 Å². The Balaban J connectivity index is 1.85. The van der Waals surface area contributed by atoms with Gasteiger partial charge in [0.1, 0.15) is 0 Å². The van der Waals surface area contributed by atoms with Crippen LogP contribution in [-0.2, 0) is 4.79 Å². The van der Waals surface area contributed by atoms with E-state index in [1.807, 2.05) is 0 Å². The van der Waals surface area contributed by atoms with E-state index in [0.29, 0.717) is 11.8 Å². The zero-order valence-corrected chi connectivity index (χ0v) is 12.0. The topological polar surface area (TPSA) is 35.6 Å². The highest BCUT2D eigenvalue weighted by Gasteiger charge is 2.36. The van der Waals surface area contributed by atoms with E-state index < -0.39 is 0 Å². The van der Waals surface area contributed by atoms with Crippen molar-refractivity contribution in [2.75, 3.05) is 26.2 Å². The quantitative estimate of drug-likeness (QED) is 0.819. The van der Waals surface area contributed by atoms with Crippen LogP contribution in [0, 0.1) is 5.92 Å². The Morgan fingerprint density at radius 3 is 2.44 bits per heavy atom. The maximum Gasteiger partial charge on any atom is 0.241 e. The average molecular weight is 253 g/mol. The monoisotopic (exact) mass is 253 g/mol. The number of nitrogens with zero attached hydrogens (tertiary/aromatic N) is 2. The number of carbonyl (C=O) groups excluding carboxylic acids is 1. The molecule has 4 heteroatoms. The minimum atomic E-state index is 0.0516. The van der Waals surface area contributed by atoms with Crippen LogP contribution in [0.3, 0.4) is 0 Å². The molecule has 0 aromatic heterocycles. The Kier molecular flexibility index (Phi) is 4.62. The van der Waals surface area contributed by atoms with Crippen molar-refractivity contribution in [3.05, 3.63) is 0 Å². The number of carbonyl (C=O) groups is 1. The summed E-state index contributed by atoms with van der Waals surface area (Å²) in [6.45, 7) is 10.9. The summed E-state index contributed by atoms with van der Waals surface area (Å²) in [6.07, 6.45) is 3.59. The highest BCUT2D eigenvalue weighted by atomic mass is 16.2.